The fraction of sp³-hybridized carbons (Fsp3) is 0.767. The van der Waals surface area contributed by atoms with E-state index in [1.54, 1.807) is 53.7 Å². The Bertz CT molecular complexity index is 1330. The van der Waals surface area contributed by atoms with Crippen molar-refractivity contribution in [3.63, 3.8) is 0 Å². The van der Waals surface area contributed by atoms with Crippen LogP contribution in [0, 0.1) is 11.3 Å². The molecule has 4 amide bonds. The molecule has 5 unspecified atom stereocenters. The summed E-state index contributed by atoms with van der Waals surface area (Å²) < 4.78 is 44.1. The summed E-state index contributed by atoms with van der Waals surface area (Å²) in [5.74, 6) is -3.16. The van der Waals surface area contributed by atoms with Crippen molar-refractivity contribution in [3.05, 3.63) is 12.2 Å². The highest BCUT2D eigenvalue weighted by molar-refractivity contribution is 7.91. The number of rotatable bonds is 5. The highest BCUT2D eigenvalue weighted by Crippen LogP contribution is 2.46. The SMILES string of the molecule is CC(C)(C)OC(=O)NC1CCCOC/C=C\C2CC2(C(=O)NS(=O)(=O)C2CC2)NC(=O)C2CC(OC(=O)C(C)(C)C)CN2C1=O. The van der Waals surface area contributed by atoms with E-state index in [4.69, 9.17) is 14.2 Å². The predicted molar refractivity (Wildman–Crippen MR) is 161 cm³/mol. The van der Waals surface area contributed by atoms with E-state index < -0.39 is 85.7 Å². The van der Waals surface area contributed by atoms with E-state index in [0.29, 0.717) is 19.3 Å². The monoisotopic (exact) mass is 654 g/mol. The van der Waals surface area contributed by atoms with Crippen LogP contribution >= 0.6 is 0 Å². The van der Waals surface area contributed by atoms with Crippen LogP contribution in [0.2, 0.25) is 0 Å². The molecule has 0 aromatic carbocycles. The lowest BCUT2D eigenvalue weighted by Gasteiger charge is -2.30. The summed E-state index contributed by atoms with van der Waals surface area (Å²) in [7, 11) is -3.90. The van der Waals surface area contributed by atoms with Gasteiger partial charge >= 0.3 is 12.1 Å². The van der Waals surface area contributed by atoms with Gasteiger partial charge in [0.2, 0.25) is 21.8 Å². The first-order chi connectivity index (χ1) is 20.8. The van der Waals surface area contributed by atoms with Gasteiger partial charge in [0.05, 0.1) is 23.8 Å². The lowest BCUT2D eigenvalue weighted by Crippen LogP contribution is -2.58. The number of alkyl carbamates (subject to hydrolysis) is 1. The molecule has 2 saturated carbocycles. The first-order valence-corrected chi connectivity index (χ1v) is 17.0. The second kappa shape index (κ2) is 12.9. The fourth-order valence-corrected chi connectivity index (χ4v) is 6.70. The Kier molecular flexibility index (Phi) is 9.93. The molecule has 0 aromatic rings. The standard InChI is InChI=1S/C30H46N4O10S/c1-28(2,3)26(38)43-19-15-22-23(35)32-30(25(37)33-45(40,41)20-11-12-20)16-18(30)9-7-13-42-14-8-10-21(24(36)34(22)17-19)31-27(39)44-29(4,5)6/h7,9,18-22H,8,10-17H2,1-6H3,(H,31,39)(H,32,35)(H,33,37)/b9-7-. The Morgan fingerprint density at radius 3 is 2.40 bits per heavy atom. The highest BCUT2D eigenvalue weighted by atomic mass is 32.2. The molecule has 45 heavy (non-hydrogen) atoms. The number of fused-ring (bicyclic) bond motifs is 2. The van der Waals surface area contributed by atoms with Crippen LogP contribution in [0.4, 0.5) is 4.79 Å². The van der Waals surface area contributed by atoms with Gasteiger partial charge in [-0.2, -0.15) is 0 Å². The summed E-state index contributed by atoms with van der Waals surface area (Å²) in [6.07, 6.45) is 3.32. The van der Waals surface area contributed by atoms with Crippen LogP contribution in [0.1, 0.15) is 80.1 Å². The normalized spacial score (nSPS) is 30.4. The van der Waals surface area contributed by atoms with Gasteiger partial charge in [-0.05, 0) is 73.6 Å². The summed E-state index contributed by atoms with van der Waals surface area (Å²) >= 11 is 0. The molecule has 0 spiro atoms. The maximum absolute atomic E-state index is 14.0. The highest BCUT2D eigenvalue weighted by Gasteiger charge is 2.62. The van der Waals surface area contributed by atoms with Crippen molar-refractivity contribution in [2.45, 2.75) is 115 Å². The predicted octanol–water partition coefficient (Wildman–Crippen LogP) is 1.29. The molecular weight excluding hydrogens is 608 g/mol. The number of sulfonamides is 1. The van der Waals surface area contributed by atoms with Gasteiger partial charge in [-0.3, -0.25) is 23.9 Å². The van der Waals surface area contributed by atoms with E-state index >= 15 is 0 Å². The third-order valence-electron chi connectivity index (χ3n) is 8.05. The lowest BCUT2D eigenvalue weighted by molar-refractivity contribution is -0.158. The summed E-state index contributed by atoms with van der Waals surface area (Å²) in [5.41, 5.74) is -3.22. The molecule has 0 aromatic heterocycles. The largest absolute Gasteiger partial charge is 0.460 e. The average molecular weight is 655 g/mol. The van der Waals surface area contributed by atoms with Gasteiger partial charge in [0.1, 0.15) is 29.3 Å². The van der Waals surface area contributed by atoms with Gasteiger partial charge in [-0.1, -0.05) is 12.2 Å². The Hall–Kier alpha value is -3.20. The van der Waals surface area contributed by atoms with E-state index in [1.807, 2.05) is 0 Å². The summed E-state index contributed by atoms with van der Waals surface area (Å²) in [5, 5.41) is 4.72. The molecule has 2 aliphatic heterocycles. The number of carbonyl (C=O) groups excluding carboxylic acids is 5. The van der Waals surface area contributed by atoms with Crippen LogP contribution < -0.4 is 15.4 Å². The van der Waals surface area contributed by atoms with Gasteiger partial charge in [0.15, 0.2) is 0 Å². The molecule has 2 heterocycles. The molecule has 5 atom stereocenters. The average Bonchev–Trinajstić information content (AvgIpc) is 3.82. The third-order valence-corrected chi connectivity index (χ3v) is 9.87. The number of nitrogens with one attached hydrogen (secondary N) is 3. The van der Waals surface area contributed by atoms with E-state index in [9.17, 15) is 32.4 Å². The van der Waals surface area contributed by atoms with Crippen molar-refractivity contribution in [2.75, 3.05) is 19.8 Å². The Morgan fingerprint density at radius 2 is 1.78 bits per heavy atom. The molecule has 4 aliphatic rings. The lowest BCUT2D eigenvalue weighted by atomic mass is 9.97. The van der Waals surface area contributed by atoms with E-state index in [1.165, 1.54) is 4.90 Å². The van der Waals surface area contributed by atoms with Gasteiger partial charge < -0.3 is 29.7 Å². The molecule has 252 valence electrons. The molecular formula is C30H46N4O10S. The zero-order valence-electron chi connectivity index (χ0n) is 26.8. The maximum Gasteiger partial charge on any atom is 0.408 e. The zero-order valence-corrected chi connectivity index (χ0v) is 27.7. The number of hydrogen-bond donors (Lipinski definition) is 3. The molecule has 14 nitrogen and oxygen atoms in total. The van der Waals surface area contributed by atoms with Crippen LogP contribution in [-0.2, 0) is 43.4 Å². The summed E-state index contributed by atoms with van der Waals surface area (Å²) in [4.78, 5) is 68.1. The molecule has 3 N–H and O–H groups in total. The van der Waals surface area contributed by atoms with Gasteiger partial charge in [-0.25, -0.2) is 13.2 Å². The molecule has 2 aliphatic carbocycles. The van der Waals surface area contributed by atoms with Gasteiger partial charge in [-0.15, -0.1) is 0 Å². The van der Waals surface area contributed by atoms with Crippen LogP contribution in [0.5, 0.6) is 0 Å². The number of amides is 4. The van der Waals surface area contributed by atoms with E-state index in [0.717, 1.165) is 0 Å². The van der Waals surface area contributed by atoms with Gasteiger partial charge in [0.25, 0.3) is 5.91 Å². The number of ether oxygens (including phenoxy) is 3. The third kappa shape index (κ3) is 8.75. The van der Waals surface area contributed by atoms with E-state index in [2.05, 4.69) is 15.4 Å². The number of esters is 1. The second-order valence-corrected chi connectivity index (χ2v) is 16.3. The maximum atomic E-state index is 14.0. The van der Waals surface area contributed by atoms with Crippen LogP contribution in [0.3, 0.4) is 0 Å². The second-order valence-electron chi connectivity index (χ2n) is 14.3. The first-order valence-electron chi connectivity index (χ1n) is 15.5. The van der Waals surface area contributed by atoms with Crippen LogP contribution in [-0.4, -0.2) is 97.4 Å². The molecule has 0 radical (unpaired) electrons. The Balaban J connectivity index is 1.63. The van der Waals surface area contributed by atoms with Crippen molar-refractivity contribution in [1.82, 2.24) is 20.3 Å². The minimum atomic E-state index is -3.90. The molecule has 15 heteroatoms. The number of carbonyl (C=O) groups is 5. The zero-order chi connectivity index (χ0) is 33.4. The molecule has 4 rings (SSSR count). The van der Waals surface area contributed by atoms with Gasteiger partial charge in [0, 0.05) is 18.9 Å². The first kappa shape index (κ1) is 34.7. The Labute approximate surface area is 264 Å². The van der Waals surface area contributed by atoms with Crippen molar-refractivity contribution < 1.29 is 46.6 Å². The molecule has 0 bridgehead atoms. The molecule has 1 saturated heterocycles. The van der Waals surface area contributed by atoms with E-state index in [-0.39, 0.29) is 39.0 Å². The quantitative estimate of drug-likeness (QED) is 0.288. The number of hydrogen-bond acceptors (Lipinski definition) is 10. The smallest absolute Gasteiger partial charge is 0.408 e. The van der Waals surface area contributed by atoms with Crippen molar-refractivity contribution in [3.8, 4) is 0 Å². The van der Waals surface area contributed by atoms with Crippen molar-refractivity contribution in [2.24, 2.45) is 11.3 Å². The number of nitrogens with zero attached hydrogens (tertiary/aromatic N) is 1. The van der Waals surface area contributed by atoms with Crippen LogP contribution in [0.15, 0.2) is 12.2 Å². The minimum absolute atomic E-state index is 0.0553. The van der Waals surface area contributed by atoms with Crippen LogP contribution in [0.25, 0.3) is 0 Å². The summed E-state index contributed by atoms with van der Waals surface area (Å²) in [6.45, 7) is 10.4. The fourth-order valence-electron chi connectivity index (χ4n) is 5.34. The Morgan fingerprint density at radius 1 is 1.09 bits per heavy atom. The topological polar surface area (TPSA) is 187 Å². The van der Waals surface area contributed by atoms with Crippen molar-refractivity contribution >= 4 is 39.8 Å². The minimum Gasteiger partial charge on any atom is -0.460 e. The summed E-state index contributed by atoms with van der Waals surface area (Å²) in [6, 6.07) is -2.26. The molecule has 3 fully saturated rings. The van der Waals surface area contributed by atoms with Crippen molar-refractivity contribution in [1.29, 1.82) is 0 Å².